The molecular formula is C18H19N5O3. The number of likely N-dealkylation sites (tertiary alicyclic amines) is 1. The third-order valence-electron chi connectivity index (χ3n) is 4.54. The molecule has 1 atom stereocenters. The SMILES string of the molecule is Cc1cc(C(=O)N2CCCC2CCc2noc(-c3ccccn3)n2)no1. The molecule has 8 heteroatoms. The van der Waals surface area contributed by atoms with Crippen molar-refractivity contribution in [3.05, 3.63) is 47.7 Å². The molecule has 8 nitrogen and oxygen atoms in total. The van der Waals surface area contributed by atoms with Gasteiger partial charge in [-0.15, -0.1) is 0 Å². The number of hydrogen-bond donors (Lipinski definition) is 0. The first-order valence-corrected chi connectivity index (χ1v) is 8.69. The van der Waals surface area contributed by atoms with Gasteiger partial charge in [-0.3, -0.25) is 9.78 Å². The predicted molar refractivity (Wildman–Crippen MR) is 91.1 cm³/mol. The number of aryl methyl sites for hydroxylation is 2. The van der Waals surface area contributed by atoms with E-state index in [4.69, 9.17) is 9.05 Å². The second-order valence-corrected chi connectivity index (χ2v) is 6.39. The maximum Gasteiger partial charge on any atom is 0.276 e. The number of amides is 1. The van der Waals surface area contributed by atoms with Gasteiger partial charge in [0, 0.05) is 31.3 Å². The second-order valence-electron chi connectivity index (χ2n) is 6.39. The van der Waals surface area contributed by atoms with Crippen molar-refractivity contribution in [1.82, 2.24) is 25.2 Å². The lowest BCUT2D eigenvalue weighted by Gasteiger charge is -2.23. The monoisotopic (exact) mass is 353 g/mol. The van der Waals surface area contributed by atoms with Gasteiger partial charge in [-0.25, -0.2) is 0 Å². The van der Waals surface area contributed by atoms with E-state index < -0.39 is 0 Å². The molecule has 0 saturated carbocycles. The summed E-state index contributed by atoms with van der Waals surface area (Å²) in [6.07, 6.45) is 5.06. The summed E-state index contributed by atoms with van der Waals surface area (Å²) in [5, 5.41) is 7.87. The van der Waals surface area contributed by atoms with Crippen LogP contribution in [0.4, 0.5) is 0 Å². The molecule has 3 aromatic heterocycles. The summed E-state index contributed by atoms with van der Waals surface area (Å²) in [7, 11) is 0. The van der Waals surface area contributed by atoms with E-state index in [9.17, 15) is 4.79 Å². The van der Waals surface area contributed by atoms with Gasteiger partial charge < -0.3 is 13.9 Å². The first-order chi connectivity index (χ1) is 12.7. The first-order valence-electron chi connectivity index (χ1n) is 8.69. The van der Waals surface area contributed by atoms with Crippen LogP contribution in [0.1, 0.15) is 41.3 Å². The van der Waals surface area contributed by atoms with Gasteiger partial charge in [0.25, 0.3) is 11.8 Å². The number of nitrogens with zero attached hydrogens (tertiary/aromatic N) is 5. The van der Waals surface area contributed by atoms with Crippen molar-refractivity contribution in [3.63, 3.8) is 0 Å². The maximum absolute atomic E-state index is 12.6. The van der Waals surface area contributed by atoms with Crippen molar-refractivity contribution in [1.29, 1.82) is 0 Å². The Bertz CT molecular complexity index is 889. The minimum Gasteiger partial charge on any atom is -0.361 e. The van der Waals surface area contributed by atoms with Gasteiger partial charge in [0.2, 0.25) is 0 Å². The smallest absolute Gasteiger partial charge is 0.276 e. The summed E-state index contributed by atoms with van der Waals surface area (Å²) in [4.78, 5) is 23.1. The molecule has 1 unspecified atom stereocenters. The number of rotatable bonds is 5. The van der Waals surface area contributed by atoms with Gasteiger partial charge in [-0.1, -0.05) is 16.4 Å². The highest BCUT2D eigenvalue weighted by atomic mass is 16.5. The van der Waals surface area contributed by atoms with Gasteiger partial charge in [0.1, 0.15) is 11.5 Å². The van der Waals surface area contributed by atoms with E-state index in [-0.39, 0.29) is 11.9 Å². The number of carbonyl (C=O) groups excluding carboxylic acids is 1. The van der Waals surface area contributed by atoms with Gasteiger partial charge >= 0.3 is 0 Å². The van der Waals surface area contributed by atoms with E-state index in [1.807, 2.05) is 23.1 Å². The molecule has 1 amide bonds. The van der Waals surface area contributed by atoms with E-state index in [1.165, 1.54) is 0 Å². The molecular weight excluding hydrogens is 334 g/mol. The van der Waals surface area contributed by atoms with Crippen LogP contribution in [0.5, 0.6) is 0 Å². The third-order valence-corrected chi connectivity index (χ3v) is 4.54. The van der Waals surface area contributed by atoms with Gasteiger partial charge in [0.15, 0.2) is 11.5 Å². The molecule has 1 saturated heterocycles. The number of hydrogen-bond acceptors (Lipinski definition) is 7. The van der Waals surface area contributed by atoms with Crippen LogP contribution < -0.4 is 0 Å². The van der Waals surface area contributed by atoms with E-state index in [2.05, 4.69) is 20.3 Å². The zero-order valence-corrected chi connectivity index (χ0v) is 14.5. The fraction of sp³-hybridized carbons (Fsp3) is 0.389. The Morgan fingerprint density at radius 2 is 2.23 bits per heavy atom. The van der Waals surface area contributed by atoms with Crippen LogP contribution >= 0.6 is 0 Å². The molecule has 1 aliphatic rings. The molecule has 0 N–H and O–H groups in total. The molecule has 0 radical (unpaired) electrons. The van der Waals surface area contributed by atoms with Crippen LogP contribution in [0.2, 0.25) is 0 Å². The fourth-order valence-corrected chi connectivity index (χ4v) is 3.26. The lowest BCUT2D eigenvalue weighted by atomic mass is 10.1. The van der Waals surface area contributed by atoms with E-state index in [0.29, 0.717) is 35.3 Å². The minimum atomic E-state index is -0.0772. The molecule has 134 valence electrons. The van der Waals surface area contributed by atoms with E-state index in [1.54, 1.807) is 19.2 Å². The van der Waals surface area contributed by atoms with Gasteiger partial charge in [-0.05, 0) is 38.3 Å². The van der Waals surface area contributed by atoms with Crippen molar-refractivity contribution in [2.24, 2.45) is 0 Å². The molecule has 26 heavy (non-hydrogen) atoms. The normalized spacial score (nSPS) is 17.0. The van der Waals surface area contributed by atoms with Crippen LogP contribution in [-0.2, 0) is 6.42 Å². The average Bonchev–Trinajstić information content (AvgIpc) is 3.40. The van der Waals surface area contributed by atoms with Crippen molar-refractivity contribution in [2.45, 2.75) is 38.6 Å². The number of pyridine rings is 1. The van der Waals surface area contributed by atoms with E-state index >= 15 is 0 Å². The van der Waals surface area contributed by atoms with Gasteiger partial charge in [-0.2, -0.15) is 4.98 Å². The summed E-state index contributed by atoms with van der Waals surface area (Å²) >= 11 is 0. The van der Waals surface area contributed by atoms with Crippen LogP contribution in [0, 0.1) is 6.92 Å². The summed E-state index contributed by atoms with van der Waals surface area (Å²) in [6.45, 7) is 2.52. The Morgan fingerprint density at radius 1 is 1.31 bits per heavy atom. The Balaban J connectivity index is 1.39. The molecule has 1 aliphatic heterocycles. The lowest BCUT2D eigenvalue weighted by Crippen LogP contribution is -2.36. The topological polar surface area (TPSA) is 98.2 Å². The Morgan fingerprint density at radius 3 is 3.00 bits per heavy atom. The highest BCUT2D eigenvalue weighted by Gasteiger charge is 2.31. The van der Waals surface area contributed by atoms with Crippen LogP contribution in [0.25, 0.3) is 11.6 Å². The maximum atomic E-state index is 12.6. The highest BCUT2D eigenvalue weighted by Crippen LogP contribution is 2.24. The zero-order valence-electron chi connectivity index (χ0n) is 14.5. The molecule has 4 heterocycles. The second kappa shape index (κ2) is 7.07. The molecule has 3 aromatic rings. The Labute approximate surface area is 150 Å². The summed E-state index contributed by atoms with van der Waals surface area (Å²) < 4.78 is 10.3. The van der Waals surface area contributed by atoms with Crippen LogP contribution in [0.3, 0.4) is 0 Å². The molecule has 0 spiro atoms. The van der Waals surface area contributed by atoms with Crippen molar-refractivity contribution in [2.75, 3.05) is 6.54 Å². The molecule has 4 rings (SSSR count). The summed E-state index contributed by atoms with van der Waals surface area (Å²) in [6, 6.07) is 7.36. The number of carbonyl (C=O) groups is 1. The van der Waals surface area contributed by atoms with Gasteiger partial charge in [0.05, 0.1) is 0 Å². The lowest BCUT2D eigenvalue weighted by molar-refractivity contribution is 0.0719. The van der Waals surface area contributed by atoms with Crippen molar-refractivity contribution in [3.8, 4) is 11.6 Å². The van der Waals surface area contributed by atoms with Crippen molar-refractivity contribution >= 4 is 5.91 Å². The standard InChI is InChI=1S/C18H19N5O3/c1-12-11-15(21-25-12)18(24)23-10-4-5-13(23)7-8-16-20-17(26-22-16)14-6-2-3-9-19-14/h2-3,6,9,11,13H,4-5,7-8,10H2,1H3. The highest BCUT2D eigenvalue weighted by molar-refractivity contribution is 5.92. The fourth-order valence-electron chi connectivity index (χ4n) is 3.26. The Hall–Kier alpha value is -3.03. The Kier molecular flexibility index (Phi) is 4.47. The zero-order chi connectivity index (χ0) is 17.9. The molecule has 1 fully saturated rings. The first kappa shape index (κ1) is 16.4. The summed E-state index contributed by atoms with van der Waals surface area (Å²) in [5.41, 5.74) is 1.02. The number of aromatic nitrogens is 4. The third kappa shape index (κ3) is 3.35. The molecule has 0 aliphatic carbocycles. The minimum absolute atomic E-state index is 0.0772. The molecule has 0 bridgehead atoms. The summed E-state index contributed by atoms with van der Waals surface area (Å²) in [5.74, 6) is 1.60. The largest absolute Gasteiger partial charge is 0.361 e. The predicted octanol–water partition coefficient (Wildman–Crippen LogP) is 2.67. The average molecular weight is 353 g/mol. The van der Waals surface area contributed by atoms with Crippen molar-refractivity contribution < 1.29 is 13.8 Å². The molecule has 0 aromatic carbocycles. The van der Waals surface area contributed by atoms with Crippen LogP contribution in [-0.4, -0.2) is 43.7 Å². The quantitative estimate of drug-likeness (QED) is 0.695. The van der Waals surface area contributed by atoms with Crippen LogP contribution in [0.15, 0.2) is 39.5 Å². The van der Waals surface area contributed by atoms with E-state index in [0.717, 1.165) is 25.8 Å².